The first-order valence-corrected chi connectivity index (χ1v) is 5.05. The monoisotopic (exact) mass is 207 g/mol. The molecule has 1 aromatic rings. The molecule has 0 fully saturated rings. The SMILES string of the molecule is CNc1ccncc1C(=O)NCC(C)C. The predicted octanol–water partition coefficient (Wildman–Crippen LogP) is 1.51. The molecule has 0 unspecified atom stereocenters. The Bertz CT molecular complexity index is 336. The van der Waals surface area contributed by atoms with Gasteiger partial charge in [0.15, 0.2) is 0 Å². The molecular weight excluding hydrogens is 190 g/mol. The van der Waals surface area contributed by atoms with Gasteiger partial charge < -0.3 is 10.6 Å². The van der Waals surface area contributed by atoms with E-state index in [9.17, 15) is 4.79 Å². The van der Waals surface area contributed by atoms with E-state index in [0.29, 0.717) is 18.0 Å². The summed E-state index contributed by atoms with van der Waals surface area (Å²) in [5, 5.41) is 5.82. The number of carbonyl (C=O) groups excluding carboxylic acids is 1. The highest BCUT2D eigenvalue weighted by Crippen LogP contribution is 2.11. The molecule has 0 bridgehead atoms. The number of aromatic nitrogens is 1. The quantitative estimate of drug-likeness (QED) is 0.786. The summed E-state index contributed by atoms with van der Waals surface area (Å²) in [4.78, 5) is 15.7. The van der Waals surface area contributed by atoms with Crippen LogP contribution in [0.2, 0.25) is 0 Å². The lowest BCUT2D eigenvalue weighted by atomic mass is 10.2. The molecule has 2 N–H and O–H groups in total. The Labute approximate surface area is 90.1 Å². The van der Waals surface area contributed by atoms with E-state index >= 15 is 0 Å². The van der Waals surface area contributed by atoms with E-state index in [0.717, 1.165) is 5.69 Å². The smallest absolute Gasteiger partial charge is 0.254 e. The van der Waals surface area contributed by atoms with Gasteiger partial charge in [-0.25, -0.2) is 0 Å². The van der Waals surface area contributed by atoms with Gasteiger partial charge in [0.2, 0.25) is 0 Å². The summed E-state index contributed by atoms with van der Waals surface area (Å²) in [6, 6.07) is 1.78. The maximum Gasteiger partial charge on any atom is 0.254 e. The number of amides is 1. The third kappa shape index (κ3) is 3.23. The molecule has 0 spiro atoms. The van der Waals surface area contributed by atoms with Crippen molar-refractivity contribution in [3.05, 3.63) is 24.0 Å². The third-order valence-corrected chi connectivity index (χ3v) is 2.01. The van der Waals surface area contributed by atoms with E-state index in [4.69, 9.17) is 0 Å². The van der Waals surface area contributed by atoms with Gasteiger partial charge in [0.25, 0.3) is 5.91 Å². The summed E-state index contributed by atoms with van der Waals surface area (Å²) in [5.41, 5.74) is 1.38. The topological polar surface area (TPSA) is 54.0 Å². The average molecular weight is 207 g/mol. The van der Waals surface area contributed by atoms with Crippen molar-refractivity contribution in [3.8, 4) is 0 Å². The normalized spacial score (nSPS) is 10.1. The summed E-state index contributed by atoms with van der Waals surface area (Å²) in [7, 11) is 1.79. The molecule has 4 heteroatoms. The van der Waals surface area contributed by atoms with Crippen molar-refractivity contribution < 1.29 is 4.79 Å². The minimum Gasteiger partial charge on any atom is -0.387 e. The molecule has 1 rings (SSSR count). The van der Waals surface area contributed by atoms with E-state index in [1.807, 2.05) is 0 Å². The first-order chi connectivity index (χ1) is 7.15. The Kier molecular flexibility index (Phi) is 4.09. The van der Waals surface area contributed by atoms with Gasteiger partial charge in [-0.15, -0.1) is 0 Å². The maximum atomic E-state index is 11.7. The second-order valence-corrected chi connectivity index (χ2v) is 3.78. The fourth-order valence-corrected chi connectivity index (χ4v) is 1.19. The highest BCUT2D eigenvalue weighted by atomic mass is 16.1. The predicted molar refractivity (Wildman–Crippen MR) is 61.0 cm³/mol. The number of carbonyl (C=O) groups is 1. The van der Waals surface area contributed by atoms with Crippen molar-refractivity contribution in [1.82, 2.24) is 10.3 Å². The molecule has 0 aliphatic heterocycles. The van der Waals surface area contributed by atoms with Crippen LogP contribution in [-0.2, 0) is 0 Å². The zero-order chi connectivity index (χ0) is 11.3. The summed E-state index contributed by atoms with van der Waals surface area (Å²) >= 11 is 0. The lowest BCUT2D eigenvalue weighted by molar-refractivity contribution is 0.0949. The van der Waals surface area contributed by atoms with Crippen LogP contribution in [0, 0.1) is 5.92 Å². The first kappa shape index (κ1) is 11.5. The number of anilines is 1. The van der Waals surface area contributed by atoms with Crippen molar-refractivity contribution in [2.75, 3.05) is 18.9 Å². The van der Waals surface area contributed by atoms with Crippen LogP contribution in [-0.4, -0.2) is 24.5 Å². The molecule has 0 radical (unpaired) electrons. The molecule has 0 aromatic carbocycles. The van der Waals surface area contributed by atoms with Gasteiger partial charge in [0.05, 0.1) is 5.56 Å². The molecule has 4 nitrogen and oxygen atoms in total. The Morgan fingerprint density at radius 1 is 1.53 bits per heavy atom. The van der Waals surface area contributed by atoms with Crippen LogP contribution in [0.5, 0.6) is 0 Å². The van der Waals surface area contributed by atoms with Crippen molar-refractivity contribution in [2.45, 2.75) is 13.8 Å². The minimum atomic E-state index is -0.0823. The molecule has 15 heavy (non-hydrogen) atoms. The molecule has 0 saturated heterocycles. The van der Waals surface area contributed by atoms with Crippen molar-refractivity contribution >= 4 is 11.6 Å². The van der Waals surface area contributed by atoms with E-state index < -0.39 is 0 Å². The third-order valence-electron chi connectivity index (χ3n) is 2.01. The molecule has 0 saturated carbocycles. The summed E-state index contributed by atoms with van der Waals surface area (Å²) < 4.78 is 0. The van der Waals surface area contributed by atoms with E-state index in [2.05, 4.69) is 29.5 Å². The number of pyridine rings is 1. The molecule has 0 aliphatic rings. The molecule has 1 aromatic heterocycles. The van der Waals surface area contributed by atoms with Gasteiger partial charge in [0.1, 0.15) is 0 Å². The average Bonchev–Trinajstić information content (AvgIpc) is 2.25. The zero-order valence-corrected chi connectivity index (χ0v) is 9.37. The van der Waals surface area contributed by atoms with Gasteiger partial charge >= 0.3 is 0 Å². The van der Waals surface area contributed by atoms with Crippen LogP contribution in [0.3, 0.4) is 0 Å². The highest BCUT2D eigenvalue weighted by molar-refractivity contribution is 5.99. The van der Waals surface area contributed by atoms with Crippen molar-refractivity contribution in [1.29, 1.82) is 0 Å². The van der Waals surface area contributed by atoms with Gasteiger partial charge in [0, 0.05) is 31.7 Å². The number of nitrogens with one attached hydrogen (secondary N) is 2. The summed E-state index contributed by atoms with van der Waals surface area (Å²) in [6.07, 6.45) is 3.23. The van der Waals surface area contributed by atoms with Crippen LogP contribution in [0.4, 0.5) is 5.69 Å². The summed E-state index contributed by atoms with van der Waals surface area (Å²) in [5.74, 6) is 0.366. The standard InChI is InChI=1S/C11H17N3O/c1-8(2)6-14-11(15)9-7-13-5-4-10(9)12-3/h4-5,7-8H,6H2,1-3H3,(H,12,13)(H,14,15). The van der Waals surface area contributed by atoms with E-state index in [1.54, 1.807) is 25.5 Å². The van der Waals surface area contributed by atoms with Gasteiger partial charge in [-0.05, 0) is 12.0 Å². The number of nitrogens with zero attached hydrogens (tertiary/aromatic N) is 1. The molecular formula is C11H17N3O. The van der Waals surface area contributed by atoms with Gasteiger partial charge in [-0.2, -0.15) is 0 Å². The molecule has 1 heterocycles. The van der Waals surface area contributed by atoms with E-state index in [1.165, 1.54) is 0 Å². The van der Waals surface area contributed by atoms with E-state index in [-0.39, 0.29) is 5.91 Å². The second kappa shape index (κ2) is 5.34. The highest BCUT2D eigenvalue weighted by Gasteiger charge is 2.10. The van der Waals surface area contributed by atoms with Gasteiger partial charge in [-0.3, -0.25) is 9.78 Å². The summed E-state index contributed by atoms with van der Waals surface area (Å²) in [6.45, 7) is 4.79. The first-order valence-electron chi connectivity index (χ1n) is 5.05. The minimum absolute atomic E-state index is 0.0823. The molecule has 0 aliphatic carbocycles. The Balaban J connectivity index is 2.72. The number of hydrogen-bond acceptors (Lipinski definition) is 3. The molecule has 0 atom stereocenters. The van der Waals surface area contributed by atoms with Crippen LogP contribution >= 0.6 is 0 Å². The molecule has 1 amide bonds. The lowest BCUT2D eigenvalue weighted by Gasteiger charge is -2.10. The van der Waals surface area contributed by atoms with Gasteiger partial charge in [-0.1, -0.05) is 13.8 Å². The Morgan fingerprint density at radius 3 is 2.87 bits per heavy atom. The fourth-order valence-electron chi connectivity index (χ4n) is 1.19. The molecule has 82 valence electrons. The van der Waals surface area contributed by atoms with Crippen LogP contribution < -0.4 is 10.6 Å². The van der Waals surface area contributed by atoms with Crippen LogP contribution in [0.1, 0.15) is 24.2 Å². The zero-order valence-electron chi connectivity index (χ0n) is 9.37. The lowest BCUT2D eigenvalue weighted by Crippen LogP contribution is -2.28. The van der Waals surface area contributed by atoms with Crippen LogP contribution in [0.15, 0.2) is 18.5 Å². The Morgan fingerprint density at radius 2 is 2.27 bits per heavy atom. The number of hydrogen-bond donors (Lipinski definition) is 2. The van der Waals surface area contributed by atoms with Crippen LogP contribution in [0.25, 0.3) is 0 Å². The Hall–Kier alpha value is -1.58. The van der Waals surface area contributed by atoms with Crippen molar-refractivity contribution in [3.63, 3.8) is 0 Å². The number of rotatable bonds is 4. The fraction of sp³-hybridized carbons (Fsp3) is 0.455. The largest absolute Gasteiger partial charge is 0.387 e. The maximum absolute atomic E-state index is 11.7. The second-order valence-electron chi connectivity index (χ2n) is 3.78. The van der Waals surface area contributed by atoms with Crippen molar-refractivity contribution in [2.24, 2.45) is 5.92 Å².